The quantitative estimate of drug-likeness (QED) is 0.122. The molecule has 0 nitrogen and oxygen atoms in total. The molecule has 107 heavy (non-hydrogen) atoms. The molecule has 0 aromatic heterocycles. The summed E-state index contributed by atoms with van der Waals surface area (Å²) in [5.41, 5.74) is 29.3. The van der Waals surface area contributed by atoms with Crippen molar-refractivity contribution in [2.45, 2.75) is 141 Å². The van der Waals surface area contributed by atoms with Crippen LogP contribution in [-0.2, 0) is 10.8 Å². The summed E-state index contributed by atoms with van der Waals surface area (Å²) < 4.78 is 13.5. The Morgan fingerprint density at radius 2 is 0.701 bits per heavy atom. The minimum Gasteiger partial charge on any atom is -0.207 e. The highest BCUT2D eigenvalue weighted by Gasteiger charge is 2.34. The van der Waals surface area contributed by atoms with Gasteiger partial charge in [0, 0.05) is 5.41 Å². The third kappa shape index (κ3) is 22.4. The zero-order valence-corrected chi connectivity index (χ0v) is 68.1. The Kier molecular flexibility index (Phi) is 27.8. The lowest BCUT2D eigenvalue weighted by Gasteiger charge is -2.21. The van der Waals surface area contributed by atoms with Gasteiger partial charge in [0.2, 0.25) is 0 Å². The first kappa shape index (κ1) is 80.3. The predicted molar refractivity (Wildman–Crippen MR) is 472 cm³/mol. The average molecular weight is 1420 g/mol. The summed E-state index contributed by atoms with van der Waals surface area (Å²) in [6.07, 6.45) is 0. The largest absolute Gasteiger partial charge is 0.207 e. The number of fused-ring (bicyclic) bond motifs is 7. The van der Waals surface area contributed by atoms with E-state index in [1.165, 1.54) is 133 Å². The van der Waals surface area contributed by atoms with Gasteiger partial charge < -0.3 is 0 Å². The maximum atomic E-state index is 13.5. The molecular weight excluding hydrogens is 1310 g/mol. The maximum absolute atomic E-state index is 13.5. The molecule has 0 saturated heterocycles. The molecule has 0 bridgehead atoms. The second kappa shape index (κ2) is 37.0. The number of aryl methyl sites for hydroxylation is 10. The summed E-state index contributed by atoms with van der Waals surface area (Å²) in [6.45, 7) is 41.8. The van der Waals surface area contributed by atoms with Crippen LogP contribution in [0.1, 0.15) is 113 Å². The number of hydrogen-bond donors (Lipinski definition) is 0. The Morgan fingerprint density at radius 3 is 1.29 bits per heavy atom. The van der Waals surface area contributed by atoms with E-state index in [1.54, 1.807) is 17.3 Å². The van der Waals surface area contributed by atoms with Crippen LogP contribution in [0.2, 0.25) is 19.6 Å². The third-order valence-corrected chi connectivity index (χ3v) is 22.1. The molecular formula is C105H111FSi. The standard InChI is InChI=1S/C17H13F.C16H16.C15H12.2C13H12.C11H16.C10H16Si.C10H14/c1-12-9-14(11-15(18)10-12)17-8-4-6-13-5-2-3-7-16(13)17;1-11-8-9-15-13(10-11)12-6-4-5-7-14(12)16(15,2)3;1-11-6-9-15-13(10-11)8-7-12-4-2-3-5-14(12)15;1-11-7-5-6-10-13(11)12-8-3-2-4-9-12;1-11-7-9-13(10-8-11)12-5-3-2-4-6-12;2*1-9-5-7-10(8-6-9)11(2,3)4;1-7-5-8(2)10(4)9(3)6-7/h2-11H,1H3;4-10H,1-3H3;2-10H,1H3;2*2-10H,1H3;2*5-8H,1-4H3;5-6H,1-4H3. The molecule has 0 radical (unpaired) electrons. The number of halogens is 1. The SMILES string of the molecule is Cc1cc(C)c(C)c(C)c1.Cc1cc(F)cc(-c2cccc3ccccc23)c1.Cc1ccc(-c2ccccc2)cc1.Cc1ccc(C(C)(C)C)cc1.Cc1ccc([Si](C)(C)C)cc1.Cc1ccc2c(c1)-c1ccccc1C2(C)C.Cc1ccc2c(ccc3ccccc32)c1.Cc1ccccc1-c1ccccc1. The fourth-order valence-corrected chi connectivity index (χ4v) is 14.8. The third-order valence-electron chi connectivity index (χ3n) is 20.1. The molecule has 1 aliphatic carbocycles. The van der Waals surface area contributed by atoms with Gasteiger partial charge in [0.25, 0.3) is 0 Å². The Labute approximate surface area is 642 Å². The van der Waals surface area contributed by atoms with Gasteiger partial charge in [0.15, 0.2) is 0 Å². The molecule has 2 heteroatoms. The van der Waals surface area contributed by atoms with Gasteiger partial charge in [0.1, 0.15) is 5.82 Å². The lowest BCUT2D eigenvalue weighted by molar-refractivity contribution is 0.590. The predicted octanol–water partition coefficient (Wildman–Crippen LogP) is 29.6. The highest BCUT2D eigenvalue weighted by molar-refractivity contribution is 6.88. The van der Waals surface area contributed by atoms with Gasteiger partial charge in [-0.3, -0.25) is 0 Å². The van der Waals surface area contributed by atoms with Crippen LogP contribution in [-0.4, -0.2) is 8.07 Å². The van der Waals surface area contributed by atoms with Crippen LogP contribution >= 0.6 is 0 Å². The molecule has 1 aliphatic rings. The fraction of sp³-hybridized carbons (Fsp3) is 0.200. The van der Waals surface area contributed by atoms with Crippen molar-refractivity contribution in [1.82, 2.24) is 0 Å². The van der Waals surface area contributed by atoms with Crippen molar-refractivity contribution in [3.05, 3.63) is 411 Å². The fourth-order valence-electron chi connectivity index (χ4n) is 13.6. The monoisotopic (exact) mass is 1420 g/mol. The van der Waals surface area contributed by atoms with Gasteiger partial charge >= 0.3 is 0 Å². The van der Waals surface area contributed by atoms with Gasteiger partial charge in [-0.25, -0.2) is 4.39 Å². The summed E-state index contributed by atoms with van der Waals surface area (Å²) >= 11 is 0. The van der Waals surface area contributed by atoms with Crippen molar-refractivity contribution in [3.8, 4) is 44.5 Å². The summed E-state index contributed by atoms with van der Waals surface area (Å²) in [4.78, 5) is 0. The molecule has 0 aliphatic heterocycles. The van der Waals surface area contributed by atoms with E-state index in [0.717, 1.165) is 22.1 Å². The molecule has 0 amide bonds. The molecule has 15 aromatic rings. The molecule has 0 atom stereocenters. The van der Waals surface area contributed by atoms with E-state index >= 15 is 0 Å². The smallest absolute Gasteiger partial charge is 0.124 e. The van der Waals surface area contributed by atoms with Crippen molar-refractivity contribution in [1.29, 1.82) is 0 Å². The maximum Gasteiger partial charge on any atom is 0.124 e. The molecule has 0 N–H and O–H groups in total. The van der Waals surface area contributed by atoms with Crippen LogP contribution in [0.4, 0.5) is 4.39 Å². The van der Waals surface area contributed by atoms with Crippen molar-refractivity contribution in [2.24, 2.45) is 0 Å². The lowest BCUT2D eigenvalue weighted by Crippen LogP contribution is -2.37. The van der Waals surface area contributed by atoms with Crippen LogP contribution in [0.5, 0.6) is 0 Å². The highest BCUT2D eigenvalue weighted by atomic mass is 28.3. The minimum atomic E-state index is -1.06. The first-order valence-corrected chi connectivity index (χ1v) is 41.3. The Hall–Kier alpha value is -10.8. The first-order valence-electron chi connectivity index (χ1n) is 37.8. The van der Waals surface area contributed by atoms with E-state index in [9.17, 15) is 4.39 Å². The molecule has 16 rings (SSSR count). The normalized spacial score (nSPS) is 11.4. The van der Waals surface area contributed by atoms with Gasteiger partial charge in [-0.15, -0.1) is 0 Å². The summed E-state index contributed by atoms with van der Waals surface area (Å²) in [5, 5.41) is 9.21. The van der Waals surface area contributed by atoms with E-state index in [0.29, 0.717) is 0 Å². The van der Waals surface area contributed by atoms with Crippen LogP contribution < -0.4 is 5.19 Å². The molecule has 0 spiro atoms. The highest BCUT2D eigenvalue weighted by Crippen LogP contribution is 2.48. The van der Waals surface area contributed by atoms with Gasteiger partial charge in [-0.2, -0.15) is 0 Å². The van der Waals surface area contributed by atoms with E-state index in [-0.39, 0.29) is 16.6 Å². The van der Waals surface area contributed by atoms with Crippen LogP contribution in [0.25, 0.3) is 76.8 Å². The van der Waals surface area contributed by atoms with Crippen LogP contribution in [0.3, 0.4) is 0 Å². The number of hydrogen-bond acceptors (Lipinski definition) is 0. The zero-order chi connectivity index (χ0) is 77.0. The summed E-state index contributed by atoms with van der Waals surface area (Å²) in [6, 6.07) is 115. The van der Waals surface area contributed by atoms with Gasteiger partial charge in [-0.05, 0) is 215 Å². The number of rotatable bonds is 4. The summed E-state index contributed by atoms with van der Waals surface area (Å²) in [5.74, 6) is -0.182. The van der Waals surface area contributed by atoms with Crippen LogP contribution in [0, 0.1) is 82.0 Å². The van der Waals surface area contributed by atoms with Crippen LogP contribution in [0.15, 0.2) is 328 Å². The molecule has 542 valence electrons. The van der Waals surface area contributed by atoms with E-state index < -0.39 is 8.07 Å². The lowest BCUT2D eigenvalue weighted by atomic mass is 9.82. The Bertz CT molecular complexity index is 5250. The number of benzene rings is 15. The molecule has 0 fully saturated rings. The topological polar surface area (TPSA) is 0 Å². The Morgan fingerprint density at radius 1 is 0.271 bits per heavy atom. The Balaban J connectivity index is 0.000000142. The molecule has 0 unspecified atom stereocenters. The van der Waals surface area contributed by atoms with E-state index in [4.69, 9.17) is 0 Å². The van der Waals surface area contributed by atoms with Crippen molar-refractivity contribution < 1.29 is 4.39 Å². The average Bonchev–Trinajstić information content (AvgIpc) is 1.59. The van der Waals surface area contributed by atoms with Crippen molar-refractivity contribution in [3.63, 3.8) is 0 Å². The minimum absolute atomic E-state index is 0.152. The molecule has 0 heterocycles. The second-order valence-electron chi connectivity index (χ2n) is 31.4. The van der Waals surface area contributed by atoms with Gasteiger partial charge in [-0.1, -0.05) is 408 Å². The first-order chi connectivity index (χ1) is 51.0. The van der Waals surface area contributed by atoms with Crippen molar-refractivity contribution >= 4 is 45.6 Å². The van der Waals surface area contributed by atoms with Gasteiger partial charge in [0.05, 0.1) is 8.07 Å². The molecule has 15 aromatic carbocycles. The van der Waals surface area contributed by atoms with E-state index in [1.807, 2.05) is 49.4 Å². The second-order valence-corrected chi connectivity index (χ2v) is 36.5. The zero-order valence-electron chi connectivity index (χ0n) is 67.1. The molecule has 0 saturated carbocycles. The summed E-state index contributed by atoms with van der Waals surface area (Å²) in [7, 11) is -1.06. The van der Waals surface area contributed by atoms with E-state index in [2.05, 4.69) is 396 Å². The van der Waals surface area contributed by atoms with Crippen molar-refractivity contribution in [2.75, 3.05) is 0 Å².